The Kier molecular flexibility index (Phi) is 6.02. The number of carbonyl (C=O) groups excluding carboxylic acids is 1. The van der Waals surface area contributed by atoms with E-state index in [1.165, 1.54) is 4.68 Å². The van der Waals surface area contributed by atoms with Crippen LogP contribution in [0.5, 0.6) is 5.75 Å². The monoisotopic (exact) mass is 441 g/mol. The third-order valence-corrected chi connectivity index (χ3v) is 4.92. The number of halogens is 2. The van der Waals surface area contributed by atoms with E-state index in [1.807, 2.05) is 36.4 Å². The molecule has 152 valence electrons. The first kappa shape index (κ1) is 20.0. The van der Waals surface area contributed by atoms with E-state index in [-0.39, 0.29) is 18.3 Å². The van der Waals surface area contributed by atoms with E-state index in [0.29, 0.717) is 28.2 Å². The number of aromatic nitrogens is 4. The summed E-state index contributed by atoms with van der Waals surface area (Å²) in [5.41, 5.74) is 1.19. The third kappa shape index (κ3) is 4.82. The number of benzene rings is 2. The second-order valence-corrected chi connectivity index (χ2v) is 7.20. The molecular weight excluding hydrogens is 425 g/mol. The highest BCUT2D eigenvalue weighted by atomic mass is 35.5. The number of amides is 1. The lowest BCUT2D eigenvalue weighted by molar-refractivity contribution is 0.101. The average molecular weight is 442 g/mol. The quantitative estimate of drug-likeness (QED) is 0.450. The highest BCUT2D eigenvalue weighted by molar-refractivity contribution is 6.32. The fourth-order valence-electron chi connectivity index (χ4n) is 2.75. The molecule has 2 aromatic heterocycles. The van der Waals surface area contributed by atoms with Crippen molar-refractivity contribution >= 4 is 34.9 Å². The first-order chi connectivity index (χ1) is 14.6. The zero-order chi connectivity index (χ0) is 20.9. The Morgan fingerprint density at radius 1 is 0.900 bits per heavy atom. The van der Waals surface area contributed by atoms with Gasteiger partial charge in [-0.3, -0.25) is 9.48 Å². The van der Waals surface area contributed by atoms with E-state index >= 15 is 0 Å². The third-order valence-electron chi connectivity index (χ3n) is 4.23. The van der Waals surface area contributed by atoms with Gasteiger partial charge in [-0.15, -0.1) is 0 Å². The van der Waals surface area contributed by atoms with Gasteiger partial charge >= 0.3 is 0 Å². The molecule has 9 heteroatoms. The molecule has 0 spiro atoms. The molecule has 0 radical (unpaired) electrons. The number of nitrogens with zero attached hydrogens (tertiary/aromatic N) is 4. The molecule has 0 aliphatic rings. The van der Waals surface area contributed by atoms with E-state index in [9.17, 15) is 4.79 Å². The van der Waals surface area contributed by atoms with Crippen molar-refractivity contribution < 1.29 is 9.53 Å². The molecule has 0 saturated carbocycles. The Balaban J connectivity index is 1.35. The Morgan fingerprint density at radius 3 is 2.43 bits per heavy atom. The van der Waals surface area contributed by atoms with Crippen LogP contribution >= 0.6 is 23.2 Å². The summed E-state index contributed by atoms with van der Waals surface area (Å²) in [4.78, 5) is 12.5. The van der Waals surface area contributed by atoms with Crippen LogP contribution in [0.25, 0.3) is 0 Å². The van der Waals surface area contributed by atoms with Gasteiger partial charge in [0.2, 0.25) is 0 Å². The topological polar surface area (TPSA) is 74.0 Å². The molecule has 0 unspecified atom stereocenters. The van der Waals surface area contributed by atoms with Gasteiger partial charge in [-0.2, -0.15) is 10.2 Å². The van der Waals surface area contributed by atoms with Gasteiger partial charge in [0, 0.05) is 23.5 Å². The predicted molar refractivity (Wildman–Crippen MR) is 115 cm³/mol. The highest BCUT2D eigenvalue weighted by Gasteiger charge is 2.12. The molecule has 1 amide bonds. The number of rotatable bonds is 7. The van der Waals surface area contributed by atoms with Crippen molar-refractivity contribution in [3.63, 3.8) is 0 Å². The maximum Gasteiger partial charge on any atom is 0.277 e. The van der Waals surface area contributed by atoms with Crippen molar-refractivity contribution in [3.8, 4) is 5.75 Å². The van der Waals surface area contributed by atoms with E-state index < -0.39 is 0 Å². The second kappa shape index (κ2) is 9.02. The van der Waals surface area contributed by atoms with E-state index in [0.717, 1.165) is 5.56 Å². The number of carbonyl (C=O) groups is 1. The van der Waals surface area contributed by atoms with Crippen LogP contribution in [0.2, 0.25) is 10.0 Å². The zero-order valence-electron chi connectivity index (χ0n) is 15.7. The fraction of sp³-hybridized carbons (Fsp3) is 0.0952. The molecule has 0 saturated heterocycles. The number of hydrogen-bond acceptors (Lipinski definition) is 4. The Morgan fingerprint density at radius 2 is 1.63 bits per heavy atom. The van der Waals surface area contributed by atoms with E-state index in [1.54, 1.807) is 41.3 Å². The lowest BCUT2D eigenvalue weighted by atomic mass is 10.2. The van der Waals surface area contributed by atoms with Crippen LogP contribution in [0.4, 0.5) is 5.82 Å². The maximum atomic E-state index is 12.5. The first-order valence-electron chi connectivity index (χ1n) is 9.07. The van der Waals surface area contributed by atoms with Crippen LogP contribution < -0.4 is 10.1 Å². The van der Waals surface area contributed by atoms with Crippen LogP contribution in [-0.4, -0.2) is 25.5 Å². The smallest absolute Gasteiger partial charge is 0.277 e. The summed E-state index contributed by atoms with van der Waals surface area (Å²) in [6.45, 7) is 0.632. The van der Waals surface area contributed by atoms with E-state index in [2.05, 4.69) is 15.5 Å². The zero-order valence-corrected chi connectivity index (χ0v) is 17.2. The first-order valence-corrected chi connectivity index (χ1v) is 9.83. The van der Waals surface area contributed by atoms with Crippen LogP contribution in [0, 0.1) is 0 Å². The summed E-state index contributed by atoms with van der Waals surface area (Å²) < 4.78 is 8.82. The van der Waals surface area contributed by atoms with Gasteiger partial charge in [0.25, 0.3) is 5.91 Å². The second-order valence-electron chi connectivity index (χ2n) is 6.39. The SMILES string of the molecule is O=C(Nc1ccn(Cc2ccccc2Cl)n1)c1ccn(COc2ccccc2Cl)n1. The largest absolute Gasteiger partial charge is 0.470 e. The van der Waals surface area contributed by atoms with Crippen molar-refractivity contribution in [2.75, 3.05) is 5.32 Å². The number of hydrogen-bond donors (Lipinski definition) is 1. The molecule has 0 aliphatic heterocycles. The lowest BCUT2D eigenvalue weighted by Crippen LogP contribution is -2.15. The number of anilines is 1. The van der Waals surface area contributed by atoms with Gasteiger partial charge in [0.15, 0.2) is 18.2 Å². The summed E-state index contributed by atoms with van der Waals surface area (Å²) in [5.74, 6) is 0.605. The maximum absolute atomic E-state index is 12.5. The van der Waals surface area contributed by atoms with Gasteiger partial charge in [0.1, 0.15) is 5.75 Å². The Labute approximate surface area is 182 Å². The molecule has 2 aromatic carbocycles. The molecule has 0 atom stereocenters. The minimum Gasteiger partial charge on any atom is -0.470 e. The molecule has 0 bridgehead atoms. The van der Waals surface area contributed by atoms with Crippen LogP contribution in [0.1, 0.15) is 16.1 Å². The van der Waals surface area contributed by atoms with Crippen molar-refractivity contribution in [3.05, 3.63) is 94.4 Å². The summed E-state index contributed by atoms with van der Waals surface area (Å²) in [6, 6.07) is 18.0. The fourth-order valence-corrected chi connectivity index (χ4v) is 3.14. The molecule has 4 rings (SSSR count). The predicted octanol–water partition coefficient (Wildman–Crippen LogP) is 4.72. The average Bonchev–Trinajstić information content (AvgIpc) is 3.39. The molecular formula is C21H17Cl2N5O2. The molecule has 0 fully saturated rings. The van der Waals surface area contributed by atoms with Gasteiger partial charge in [-0.05, 0) is 29.8 Å². The minimum absolute atomic E-state index is 0.128. The molecule has 7 nitrogen and oxygen atoms in total. The number of ether oxygens (including phenoxy) is 1. The summed E-state index contributed by atoms with van der Waals surface area (Å²) >= 11 is 12.2. The van der Waals surface area contributed by atoms with Crippen molar-refractivity contribution in [2.24, 2.45) is 0 Å². The van der Waals surface area contributed by atoms with Crippen LogP contribution in [-0.2, 0) is 13.3 Å². The van der Waals surface area contributed by atoms with Gasteiger partial charge < -0.3 is 10.1 Å². The van der Waals surface area contributed by atoms with Gasteiger partial charge in [-0.1, -0.05) is 53.5 Å². The Hall–Kier alpha value is -3.29. The normalized spacial score (nSPS) is 10.7. The molecule has 2 heterocycles. The van der Waals surface area contributed by atoms with Crippen LogP contribution in [0.3, 0.4) is 0 Å². The highest BCUT2D eigenvalue weighted by Crippen LogP contribution is 2.23. The van der Waals surface area contributed by atoms with Crippen molar-refractivity contribution in [1.29, 1.82) is 0 Å². The Bertz CT molecular complexity index is 1170. The van der Waals surface area contributed by atoms with Crippen LogP contribution in [0.15, 0.2) is 73.1 Å². The molecule has 1 N–H and O–H groups in total. The standard InChI is InChI=1S/C21H17Cl2N5O2/c22-16-6-2-1-5-15(16)13-27-12-10-20(26-27)24-21(29)18-9-11-28(25-18)14-30-19-8-4-3-7-17(19)23/h1-12H,13-14H2,(H,24,26,29). The molecule has 4 aromatic rings. The summed E-state index contributed by atoms with van der Waals surface area (Å²) in [7, 11) is 0. The summed E-state index contributed by atoms with van der Waals surface area (Å²) in [6.07, 6.45) is 3.43. The summed E-state index contributed by atoms with van der Waals surface area (Å²) in [5, 5.41) is 12.5. The number of nitrogens with one attached hydrogen (secondary N) is 1. The molecule has 0 aliphatic carbocycles. The van der Waals surface area contributed by atoms with E-state index in [4.69, 9.17) is 27.9 Å². The van der Waals surface area contributed by atoms with Crippen molar-refractivity contribution in [1.82, 2.24) is 19.6 Å². The minimum atomic E-state index is -0.366. The molecule has 30 heavy (non-hydrogen) atoms. The van der Waals surface area contributed by atoms with Gasteiger partial charge in [0.05, 0.1) is 11.6 Å². The number of para-hydroxylation sites is 1. The van der Waals surface area contributed by atoms with Gasteiger partial charge in [-0.25, -0.2) is 4.68 Å². The van der Waals surface area contributed by atoms with Crippen molar-refractivity contribution in [2.45, 2.75) is 13.3 Å². The lowest BCUT2D eigenvalue weighted by Gasteiger charge is -2.07.